The lowest BCUT2D eigenvalue weighted by Crippen LogP contribution is -2.55. The standard InChI is InChI=1S/C36H41N3O7/c1-23-12-10-13-24(2)31(23)38-20-11-18-36-30(33(42)39(19-8-9-21-40)32(36)34(38)43)29-26(46-36)16-6-7-17-28(41)37-22-27(45-35(29)44)25-14-4-3-5-15-25/h3-6,10-16,18,26-27,29-30,32,40H,7-9,17,19-22H2,1-2H3,(H,37,41)/b16-6-/t26-,27+,29+,30+,32-,36+/m0/s1. The number of nitrogens with zero attached hydrogens (tertiary/aromatic N) is 2. The number of nitrogens with one attached hydrogen (secondary N) is 1. The van der Waals surface area contributed by atoms with Crippen molar-refractivity contribution in [1.82, 2.24) is 10.2 Å². The number of amides is 3. The molecule has 10 heteroatoms. The fourth-order valence-corrected chi connectivity index (χ4v) is 7.47. The summed E-state index contributed by atoms with van der Waals surface area (Å²) in [7, 11) is 0. The smallest absolute Gasteiger partial charge is 0.313 e. The number of unbranched alkanes of at least 4 members (excludes halogenated alkanes) is 1. The minimum atomic E-state index is -1.42. The number of para-hydroxylation sites is 1. The average Bonchev–Trinajstić information content (AvgIpc) is 3.42. The van der Waals surface area contributed by atoms with Crippen molar-refractivity contribution in [3.63, 3.8) is 0 Å². The van der Waals surface area contributed by atoms with Crippen LogP contribution in [0.1, 0.15) is 48.5 Å². The molecule has 3 amide bonds. The van der Waals surface area contributed by atoms with Crippen molar-refractivity contribution in [3.8, 4) is 0 Å². The molecule has 0 bridgehead atoms. The fraction of sp³-hybridized carbons (Fsp3) is 0.444. The van der Waals surface area contributed by atoms with Crippen LogP contribution >= 0.6 is 0 Å². The number of hydrogen-bond acceptors (Lipinski definition) is 7. The highest BCUT2D eigenvalue weighted by Gasteiger charge is 2.71. The number of likely N-dealkylation sites (tertiary alicyclic amines) is 1. The number of hydrogen-bond donors (Lipinski definition) is 2. The van der Waals surface area contributed by atoms with E-state index in [1.165, 1.54) is 0 Å². The van der Waals surface area contributed by atoms with Crippen LogP contribution in [0.3, 0.4) is 0 Å². The molecule has 2 saturated heterocycles. The number of anilines is 1. The Kier molecular flexibility index (Phi) is 9.11. The number of aliphatic hydroxyl groups excluding tert-OH is 1. The van der Waals surface area contributed by atoms with Gasteiger partial charge in [0.25, 0.3) is 5.91 Å². The zero-order chi connectivity index (χ0) is 32.4. The molecule has 0 aromatic heterocycles. The summed E-state index contributed by atoms with van der Waals surface area (Å²) in [6.45, 7) is 4.45. The van der Waals surface area contributed by atoms with Gasteiger partial charge in [0, 0.05) is 31.8 Å². The maximum absolute atomic E-state index is 14.7. The third kappa shape index (κ3) is 5.64. The van der Waals surface area contributed by atoms with Crippen LogP contribution in [0, 0.1) is 25.7 Å². The first-order valence-corrected chi connectivity index (χ1v) is 16.1. The molecule has 6 atom stereocenters. The first-order valence-electron chi connectivity index (χ1n) is 16.1. The minimum absolute atomic E-state index is 0.0423. The maximum atomic E-state index is 14.7. The second-order valence-electron chi connectivity index (χ2n) is 12.5. The number of fused-ring (bicyclic) bond motifs is 2. The summed E-state index contributed by atoms with van der Waals surface area (Å²) in [6, 6.07) is 14.0. The number of aryl methyl sites for hydroxylation is 2. The molecule has 2 aromatic rings. The lowest BCUT2D eigenvalue weighted by atomic mass is 9.77. The summed E-state index contributed by atoms with van der Waals surface area (Å²) in [5, 5.41) is 12.4. The van der Waals surface area contributed by atoms with Crippen molar-refractivity contribution in [2.45, 2.75) is 63.4 Å². The van der Waals surface area contributed by atoms with Crippen LogP contribution in [0.15, 0.2) is 72.8 Å². The van der Waals surface area contributed by atoms with Crippen molar-refractivity contribution in [2.24, 2.45) is 11.8 Å². The normalized spacial score (nSPS) is 30.4. The Morgan fingerprint density at radius 1 is 0.957 bits per heavy atom. The van der Waals surface area contributed by atoms with Gasteiger partial charge in [0.2, 0.25) is 11.8 Å². The number of rotatable bonds is 6. The lowest BCUT2D eigenvalue weighted by Gasteiger charge is -2.36. The highest BCUT2D eigenvalue weighted by Crippen LogP contribution is 2.53. The van der Waals surface area contributed by atoms with Crippen LogP contribution in [-0.2, 0) is 28.7 Å². The van der Waals surface area contributed by atoms with E-state index < -0.39 is 41.7 Å². The highest BCUT2D eigenvalue weighted by molar-refractivity contribution is 6.06. The summed E-state index contributed by atoms with van der Waals surface area (Å²) >= 11 is 0. The van der Waals surface area contributed by atoms with Gasteiger partial charge < -0.3 is 29.7 Å². The average molecular weight is 628 g/mol. The Morgan fingerprint density at radius 3 is 2.46 bits per heavy atom. The predicted octanol–water partition coefficient (Wildman–Crippen LogP) is 3.31. The molecular weight excluding hydrogens is 586 g/mol. The van der Waals surface area contributed by atoms with Crippen LogP contribution in [0.2, 0.25) is 0 Å². The molecule has 2 N–H and O–H groups in total. The molecule has 1 spiro atoms. The van der Waals surface area contributed by atoms with E-state index in [2.05, 4.69) is 5.32 Å². The van der Waals surface area contributed by atoms with Crippen molar-refractivity contribution in [1.29, 1.82) is 0 Å². The molecule has 2 fully saturated rings. The number of carbonyl (C=O) groups excluding carboxylic acids is 4. The van der Waals surface area contributed by atoms with E-state index in [1.807, 2.05) is 74.5 Å². The zero-order valence-corrected chi connectivity index (χ0v) is 26.3. The quantitative estimate of drug-likeness (QED) is 0.286. The molecule has 4 heterocycles. The summed E-state index contributed by atoms with van der Waals surface area (Å²) < 4.78 is 12.9. The van der Waals surface area contributed by atoms with Gasteiger partial charge in [-0.15, -0.1) is 0 Å². The molecule has 0 saturated carbocycles. The van der Waals surface area contributed by atoms with Crippen LogP contribution in [0.25, 0.3) is 0 Å². The largest absolute Gasteiger partial charge is 0.455 e. The van der Waals surface area contributed by atoms with E-state index in [9.17, 15) is 24.3 Å². The van der Waals surface area contributed by atoms with E-state index in [1.54, 1.807) is 22.0 Å². The molecule has 4 aliphatic heterocycles. The maximum Gasteiger partial charge on any atom is 0.313 e. The van der Waals surface area contributed by atoms with Gasteiger partial charge in [0.15, 0.2) is 0 Å². The third-order valence-corrected chi connectivity index (χ3v) is 9.56. The van der Waals surface area contributed by atoms with Crippen molar-refractivity contribution < 1.29 is 33.8 Å². The molecule has 10 nitrogen and oxygen atoms in total. The molecule has 242 valence electrons. The van der Waals surface area contributed by atoms with Gasteiger partial charge in [0.1, 0.15) is 23.7 Å². The van der Waals surface area contributed by atoms with Crippen molar-refractivity contribution >= 4 is 29.4 Å². The number of benzene rings is 2. The van der Waals surface area contributed by atoms with Crippen molar-refractivity contribution in [2.75, 3.05) is 31.1 Å². The van der Waals surface area contributed by atoms with E-state index in [-0.39, 0.29) is 50.4 Å². The Hall–Kier alpha value is -4.28. The van der Waals surface area contributed by atoms with Crippen LogP contribution in [0.4, 0.5) is 5.69 Å². The molecule has 6 rings (SSSR count). The first-order chi connectivity index (χ1) is 22.3. The molecule has 4 aliphatic rings. The molecule has 0 radical (unpaired) electrons. The number of esters is 1. The zero-order valence-electron chi connectivity index (χ0n) is 26.3. The topological polar surface area (TPSA) is 125 Å². The molecular formula is C36H41N3O7. The highest BCUT2D eigenvalue weighted by atomic mass is 16.6. The van der Waals surface area contributed by atoms with E-state index in [0.29, 0.717) is 24.8 Å². The Balaban J connectivity index is 1.43. The van der Waals surface area contributed by atoms with Gasteiger partial charge in [-0.05, 0) is 49.8 Å². The second-order valence-corrected chi connectivity index (χ2v) is 12.5. The summed E-state index contributed by atoms with van der Waals surface area (Å²) in [5.41, 5.74) is 1.94. The lowest BCUT2D eigenvalue weighted by molar-refractivity contribution is -0.159. The van der Waals surface area contributed by atoms with E-state index >= 15 is 0 Å². The van der Waals surface area contributed by atoms with E-state index in [4.69, 9.17) is 9.47 Å². The van der Waals surface area contributed by atoms with E-state index in [0.717, 1.165) is 16.8 Å². The van der Waals surface area contributed by atoms with Gasteiger partial charge in [-0.3, -0.25) is 19.2 Å². The van der Waals surface area contributed by atoms with Gasteiger partial charge in [0.05, 0.1) is 18.6 Å². The Labute approximate surface area is 269 Å². The van der Waals surface area contributed by atoms with Gasteiger partial charge in [-0.1, -0.05) is 72.8 Å². The fourth-order valence-electron chi connectivity index (χ4n) is 7.47. The number of cyclic esters (lactones) is 1. The monoisotopic (exact) mass is 627 g/mol. The summed E-state index contributed by atoms with van der Waals surface area (Å²) in [4.78, 5) is 59.4. The molecule has 2 aromatic carbocycles. The number of aliphatic hydroxyl groups is 1. The molecule has 0 aliphatic carbocycles. The Bertz CT molecular complexity index is 1540. The van der Waals surface area contributed by atoms with Crippen LogP contribution in [-0.4, -0.2) is 77.7 Å². The van der Waals surface area contributed by atoms with Crippen molar-refractivity contribution in [3.05, 3.63) is 89.5 Å². The summed E-state index contributed by atoms with van der Waals surface area (Å²) in [5.74, 6) is -3.46. The minimum Gasteiger partial charge on any atom is -0.455 e. The Morgan fingerprint density at radius 2 is 1.72 bits per heavy atom. The number of allylic oxidation sites excluding steroid dienone is 1. The first kappa shape index (κ1) is 31.7. The SMILES string of the molecule is Cc1cccc(C)c1N1CC=C[C@@]23O[C@H]4/C=C\CCC(=O)NC[C@H](c5ccccc5)OC(=O)[C@H]4[C@@H]2C(=O)N(CCCCO)[C@H]3C1=O. The summed E-state index contributed by atoms with van der Waals surface area (Å²) in [6.07, 6.45) is 7.16. The number of carbonyl (C=O) groups is 4. The molecule has 0 unspecified atom stereocenters. The molecule has 46 heavy (non-hydrogen) atoms. The van der Waals surface area contributed by atoms with Gasteiger partial charge in [-0.2, -0.15) is 0 Å². The van der Waals surface area contributed by atoms with Gasteiger partial charge in [-0.25, -0.2) is 0 Å². The second kappa shape index (κ2) is 13.2. The number of ether oxygens (including phenoxy) is 2. The van der Waals surface area contributed by atoms with Crippen LogP contribution < -0.4 is 10.2 Å². The third-order valence-electron chi connectivity index (χ3n) is 9.56. The van der Waals surface area contributed by atoms with Crippen LogP contribution in [0.5, 0.6) is 0 Å². The van der Waals surface area contributed by atoms with Gasteiger partial charge >= 0.3 is 5.97 Å². The predicted molar refractivity (Wildman–Crippen MR) is 170 cm³/mol.